The molecule has 1 aromatic carbocycles. The van der Waals surface area contributed by atoms with E-state index in [1.165, 1.54) is 63.4 Å². The Morgan fingerprint density at radius 1 is 0.828 bits per heavy atom. The van der Waals surface area contributed by atoms with Crippen LogP contribution < -0.4 is 0 Å². The molecular formula is C26H46NO2+. The molecule has 0 spiro atoms. The van der Waals surface area contributed by atoms with E-state index in [0.29, 0.717) is 10.9 Å². The molecule has 29 heavy (non-hydrogen) atoms. The van der Waals surface area contributed by atoms with Crippen molar-refractivity contribution in [1.82, 2.24) is 0 Å². The minimum Gasteiger partial charge on any atom is -0.412 e. The number of hydrogen-bond donors (Lipinski definition) is 0. The van der Waals surface area contributed by atoms with Gasteiger partial charge in [0.1, 0.15) is 6.54 Å². The van der Waals surface area contributed by atoms with Crippen molar-refractivity contribution in [3.63, 3.8) is 0 Å². The number of nitrogens with zero attached hydrogens (tertiary/aromatic N) is 1. The van der Waals surface area contributed by atoms with Crippen molar-refractivity contribution in [2.75, 3.05) is 14.1 Å². The van der Waals surface area contributed by atoms with Crippen LogP contribution in [0.2, 0.25) is 0 Å². The number of carbonyl (C=O) groups excluding carboxylic acids is 1. The number of carbonyl (C=O) groups is 1. The molecule has 0 saturated carbocycles. The molecule has 1 rings (SSSR count). The van der Waals surface area contributed by atoms with Crippen molar-refractivity contribution < 1.29 is 14.0 Å². The van der Waals surface area contributed by atoms with Gasteiger partial charge in [0.2, 0.25) is 6.23 Å². The van der Waals surface area contributed by atoms with Crippen LogP contribution in [0.5, 0.6) is 0 Å². The zero-order valence-electron chi connectivity index (χ0n) is 19.6. The molecule has 0 aliphatic carbocycles. The molecule has 0 heterocycles. The van der Waals surface area contributed by atoms with Gasteiger partial charge in [-0.2, -0.15) is 0 Å². The largest absolute Gasteiger partial charge is 0.412 e. The van der Waals surface area contributed by atoms with E-state index in [4.69, 9.17) is 4.74 Å². The lowest BCUT2D eigenvalue weighted by molar-refractivity contribution is -0.947. The summed E-state index contributed by atoms with van der Waals surface area (Å²) in [5.41, 5.74) is 1.28. The van der Waals surface area contributed by atoms with Crippen LogP contribution >= 0.6 is 0 Å². The lowest BCUT2D eigenvalue weighted by atomic mass is 10.1. The molecule has 1 atom stereocenters. The summed E-state index contributed by atoms with van der Waals surface area (Å²) in [6, 6.07) is 10.4. The maximum Gasteiger partial charge on any atom is 0.310 e. The number of quaternary nitrogens is 1. The molecule has 0 aliphatic rings. The van der Waals surface area contributed by atoms with Crippen molar-refractivity contribution >= 4 is 5.97 Å². The van der Waals surface area contributed by atoms with Crippen LogP contribution in [0.25, 0.3) is 0 Å². The van der Waals surface area contributed by atoms with E-state index in [-0.39, 0.29) is 12.2 Å². The summed E-state index contributed by atoms with van der Waals surface area (Å²) in [6.07, 6.45) is 15.6. The Kier molecular flexibility index (Phi) is 13.7. The maximum atomic E-state index is 12.3. The summed E-state index contributed by atoms with van der Waals surface area (Å²) < 4.78 is 6.53. The zero-order valence-corrected chi connectivity index (χ0v) is 19.6. The molecule has 0 bridgehead atoms. The summed E-state index contributed by atoms with van der Waals surface area (Å²) in [4.78, 5) is 12.3. The van der Waals surface area contributed by atoms with Gasteiger partial charge in [0.15, 0.2) is 0 Å². The lowest BCUT2D eigenvalue weighted by Gasteiger charge is -2.36. The third-order valence-corrected chi connectivity index (χ3v) is 5.81. The first-order valence-electron chi connectivity index (χ1n) is 12.1. The second kappa shape index (κ2) is 15.5. The van der Waals surface area contributed by atoms with E-state index >= 15 is 0 Å². The topological polar surface area (TPSA) is 26.3 Å². The molecule has 1 unspecified atom stereocenters. The monoisotopic (exact) mass is 404 g/mol. The highest BCUT2D eigenvalue weighted by atomic mass is 16.6. The first kappa shape index (κ1) is 25.7. The molecule has 3 heteroatoms. The van der Waals surface area contributed by atoms with E-state index < -0.39 is 0 Å². The van der Waals surface area contributed by atoms with Gasteiger partial charge in [-0.05, 0) is 6.42 Å². The van der Waals surface area contributed by atoms with Gasteiger partial charge >= 0.3 is 5.97 Å². The van der Waals surface area contributed by atoms with Crippen LogP contribution in [0.3, 0.4) is 0 Å². The van der Waals surface area contributed by atoms with Crippen molar-refractivity contribution in [3.8, 4) is 0 Å². The van der Waals surface area contributed by atoms with Crippen molar-refractivity contribution in [2.45, 2.75) is 110 Å². The first-order chi connectivity index (χ1) is 14.0. The highest BCUT2D eigenvalue weighted by Gasteiger charge is 2.30. The molecule has 0 aliphatic heterocycles. The average Bonchev–Trinajstić information content (AvgIpc) is 2.70. The Morgan fingerprint density at radius 2 is 1.34 bits per heavy atom. The molecule has 0 aromatic heterocycles. The Morgan fingerprint density at radius 3 is 1.86 bits per heavy atom. The van der Waals surface area contributed by atoms with Gasteiger partial charge in [-0.15, -0.1) is 0 Å². The highest BCUT2D eigenvalue weighted by molar-refractivity contribution is 5.69. The van der Waals surface area contributed by atoms with Crippen LogP contribution in [0.1, 0.15) is 103 Å². The second-order valence-corrected chi connectivity index (χ2v) is 9.06. The summed E-state index contributed by atoms with van der Waals surface area (Å²) in [5, 5.41) is 0. The van der Waals surface area contributed by atoms with Gasteiger partial charge < -0.3 is 4.74 Å². The Labute approximate surface area is 180 Å². The van der Waals surface area contributed by atoms with Crippen LogP contribution in [-0.4, -0.2) is 30.8 Å². The summed E-state index contributed by atoms with van der Waals surface area (Å²) in [6.45, 7) is 5.24. The van der Waals surface area contributed by atoms with Crippen LogP contribution in [0.4, 0.5) is 0 Å². The van der Waals surface area contributed by atoms with E-state index in [9.17, 15) is 4.79 Å². The van der Waals surface area contributed by atoms with Crippen LogP contribution in [-0.2, 0) is 16.1 Å². The van der Waals surface area contributed by atoms with E-state index in [1.807, 2.05) is 6.07 Å². The number of hydrogen-bond acceptors (Lipinski definition) is 2. The van der Waals surface area contributed by atoms with Crippen molar-refractivity contribution in [2.24, 2.45) is 0 Å². The second-order valence-electron chi connectivity index (χ2n) is 9.06. The fourth-order valence-corrected chi connectivity index (χ4v) is 4.02. The third kappa shape index (κ3) is 12.1. The molecule has 0 amide bonds. The van der Waals surface area contributed by atoms with Crippen LogP contribution in [0, 0.1) is 0 Å². The predicted octanol–water partition coefficient (Wildman–Crippen LogP) is 7.24. The molecule has 0 radical (unpaired) electrons. The quantitative estimate of drug-likeness (QED) is 0.118. The van der Waals surface area contributed by atoms with Crippen LogP contribution in [0.15, 0.2) is 30.3 Å². The highest BCUT2D eigenvalue weighted by Crippen LogP contribution is 2.19. The predicted molar refractivity (Wildman–Crippen MR) is 124 cm³/mol. The molecule has 166 valence electrons. The van der Waals surface area contributed by atoms with Crippen molar-refractivity contribution in [3.05, 3.63) is 35.9 Å². The van der Waals surface area contributed by atoms with Gasteiger partial charge in [0.25, 0.3) is 0 Å². The average molecular weight is 405 g/mol. The molecule has 1 aromatic rings. The molecule has 0 N–H and O–H groups in total. The maximum absolute atomic E-state index is 12.3. The van der Waals surface area contributed by atoms with Gasteiger partial charge in [0, 0.05) is 18.4 Å². The minimum atomic E-state index is -0.0876. The number of unbranched alkanes of at least 4 members (excludes halogenated alkanes) is 10. The number of esters is 1. The normalized spacial score (nSPS) is 12.7. The summed E-state index contributed by atoms with van der Waals surface area (Å²) in [5.74, 6) is -0.0352. The number of rotatable bonds is 17. The van der Waals surface area contributed by atoms with E-state index in [1.54, 1.807) is 0 Å². The van der Waals surface area contributed by atoms with Gasteiger partial charge in [0.05, 0.1) is 14.1 Å². The van der Waals surface area contributed by atoms with Crippen molar-refractivity contribution in [1.29, 1.82) is 0 Å². The fraction of sp³-hybridized carbons (Fsp3) is 0.731. The zero-order chi connectivity index (χ0) is 21.4. The molecule has 3 nitrogen and oxygen atoms in total. The Bertz CT molecular complexity index is 527. The minimum absolute atomic E-state index is 0.0352. The van der Waals surface area contributed by atoms with E-state index in [0.717, 1.165) is 25.8 Å². The van der Waals surface area contributed by atoms with Gasteiger partial charge in [-0.1, -0.05) is 108 Å². The summed E-state index contributed by atoms with van der Waals surface area (Å²) >= 11 is 0. The lowest BCUT2D eigenvalue weighted by Crippen LogP contribution is -2.50. The van der Waals surface area contributed by atoms with Gasteiger partial charge in [-0.25, -0.2) is 0 Å². The SMILES string of the molecule is CCCCCCCCCCCCCC(=O)OC(CC)[N+](C)(C)Cc1ccccc1. The van der Waals surface area contributed by atoms with E-state index in [2.05, 4.69) is 52.2 Å². The standard InChI is InChI=1S/C26H46NO2/c1-5-7-8-9-10-11-12-13-14-15-19-22-26(28)29-25(6-2)27(3,4)23-24-20-17-16-18-21-24/h16-18,20-21,25H,5-15,19,22-23H2,1-4H3/q+1. The smallest absolute Gasteiger partial charge is 0.310 e. The molecule has 0 fully saturated rings. The van der Waals surface area contributed by atoms with Gasteiger partial charge in [-0.3, -0.25) is 9.28 Å². The summed E-state index contributed by atoms with van der Waals surface area (Å²) in [7, 11) is 4.30. The number of benzene rings is 1. The Hall–Kier alpha value is -1.35. The molecular weight excluding hydrogens is 358 g/mol. The fourth-order valence-electron chi connectivity index (χ4n) is 4.02. The number of ether oxygens (including phenoxy) is 1. The first-order valence-corrected chi connectivity index (χ1v) is 12.1. The third-order valence-electron chi connectivity index (χ3n) is 5.81. The Balaban J connectivity index is 2.15. The molecule has 0 saturated heterocycles.